The van der Waals surface area contributed by atoms with Crippen LogP contribution in [0.3, 0.4) is 0 Å². The van der Waals surface area contributed by atoms with Crippen LogP contribution in [0.4, 0.5) is 0 Å². The first kappa shape index (κ1) is 9.50. The lowest BCUT2D eigenvalue weighted by molar-refractivity contribution is 0.936. The van der Waals surface area contributed by atoms with Gasteiger partial charge in [0.25, 0.3) is 0 Å². The minimum absolute atomic E-state index is 0.442. The van der Waals surface area contributed by atoms with Crippen LogP contribution in [0.25, 0.3) is 16.2 Å². The van der Waals surface area contributed by atoms with Crippen LogP contribution >= 0.6 is 11.3 Å². The number of hydrogen-bond donors (Lipinski definition) is 1. The molecular formula is C11H10N4S. The quantitative estimate of drug-likeness (QED) is 0.731. The predicted octanol–water partition coefficient (Wildman–Crippen LogP) is 1.92. The summed E-state index contributed by atoms with van der Waals surface area (Å²) in [6.07, 6.45) is 1.87. The average Bonchev–Trinajstić information content (AvgIpc) is 2.96. The fraction of sp³-hybridized carbons (Fsp3) is 0.0909. The Kier molecular flexibility index (Phi) is 2.19. The van der Waals surface area contributed by atoms with E-state index >= 15 is 0 Å². The maximum Gasteiger partial charge on any atom is 0.153 e. The van der Waals surface area contributed by atoms with E-state index < -0.39 is 0 Å². The summed E-state index contributed by atoms with van der Waals surface area (Å²) in [6, 6.07) is 8.01. The summed E-state index contributed by atoms with van der Waals surface area (Å²) in [5.41, 5.74) is 8.20. The number of imidazole rings is 1. The lowest BCUT2D eigenvalue weighted by Crippen LogP contribution is -1.95. The third-order valence-corrected chi connectivity index (χ3v) is 3.25. The van der Waals surface area contributed by atoms with E-state index in [4.69, 9.17) is 5.73 Å². The van der Waals surface area contributed by atoms with Gasteiger partial charge in [0.15, 0.2) is 5.65 Å². The smallest absolute Gasteiger partial charge is 0.153 e. The second kappa shape index (κ2) is 3.70. The molecule has 0 aromatic carbocycles. The first-order chi connectivity index (χ1) is 7.86. The van der Waals surface area contributed by atoms with E-state index in [9.17, 15) is 0 Å². The zero-order valence-corrected chi connectivity index (χ0v) is 9.31. The van der Waals surface area contributed by atoms with Crippen molar-refractivity contribution in [2.75, 3.05) is 0 Å². The van der Waals surface area contributed by atoms with Crippen LogP contribution in [0.1, 0.15) is 5.69 Å². The molecular weight excluding hydrogens is 220 g/mol. The van der Waals surface area contributed by atoms with Crippen molar-refractivity contribution in [1.82, 2.24) is 14.6 Å². The summed E-state index contributed by atoms with van der Waals surface area (Å²) in [4.78, 5) is 5.49. The molecule has 0 bridgehead atoms. The molecule has 0 unspecified atom stereocenters. The van der Waals surface area contributed by atoms with E-state index in [0.29, 0.717) is 6.54 Å². The van der Waals surface area contributed by atoms with Gasteiger partial charge in [0.05, 0.1) is 16.8 Å². The second-order valence-electron chi connectivity index (χ2n) is 3.44. The van der Waals surface area contributed by atoms with Gasteiger partial charge in [0.2, 0.25) is 0 Å². The van der Waals surface area contributed by atoms with Crippen molar-refractivity contribution in [3.63, 3.8) is 0 Å². The van der Waals surface area contributed by atoms with Crippen LogP contribution in [0.2, 0.25) is 0 Å². The summed E-state index contributed by atoms with van der Waals surface area (Å²) >= 11 is 1.68. The number of nitrogens with zero attached hydrogens (tertiary/aromatic N) is 3. The maximum absolute atomic E-state index is 5.54. The molecule has 5 heteroatoms. The highest BCUT2D eigenvalue weighted by molar-refractivity contribution is 7.13. The summed E-state index contributed by atoms with van der Waals surface area (Å²) in [5.74, 6) is 0. The third kappa shape index (κ3) is 1.50. The molecule has 80 valence electrons. The van der Waals surface area contributed by atoms with E-state index in [1.165, 1.54) is 0 Å². The van der Waals surface area contributed by atoms with Gasteiger partial charge < -0.3 is 5.73 Å². The molecule has 0 fully saturated rings. The monoisotopic (exact) mass is 230 g/mol. The largest absolute Gasteiger partial charge is 0.325 e. The normalized spacial score (nSPS) is 11.1. The summed E-state index contributed by atoms with van der Waals surface area (Å²) in [6.45, 7) is 0.442. The Morgan fingerprint density at radius 3 is 3.00 bits per heavy atom. The van der Waals surface area contributed by atoms with Gasteiger partial charge in [-0.3, -0.25) is 0 Å². The number of rotatable bonds is 2. The van der Waals surface area contributed by atoms with Crippen LogP contribution in [-0.2, 0) is 6.54 Å². The van der Waals surface area contributed by atoms with Crippen LogP contribution in [-0.4, -0.2) is 14.6 Å². The van der Waals surface area contributed by atoms with Gasteiger partial charge in [-0.2, -0.15) is 5.10 Å². The molecule has 16 heavy (non-hydrogen) atoms. The second-order valence-corrected chi connectivity index (χ2v) is 4.38. The Bertz CT molecular complexity index is 612. The topological polar surface area (TPSA) is 56.2 Å². The molecule has 0 saturated carbocycles. The van der Waals surface area contributed by atoms with Crippen LogP contribution in [0.5, 0.6) is 0 Å². The van der Waals surface area contributed by atoms with E-state index in [2.05, 4.69) is 16.1 Å². The third-order valence-electron chi connectivity index (χ3n) is 2.35. The molecule has 0 aliphatic rings. The maximum atomic E-state index is 5.54. The van der Waals surface area contributed by atoms with Gasteiger partial charge in [-0.25, -0.2) is 9.50 Å². The molecule has 0 aliphatic heterocycles. The number of aromatic nitrogens is 3. The first-order valence-electron chi connectivity index (χ1n) is 4.96. The standard InChI is InChI=1S/C11H10N4S/c12-6-8-7-15-11(13-8)4-3-9(14-15)10-2-1-5-16-10/h1-5,7H,6,12H2. The lowest BCUT2D eigenvalue weighted by Gasteiger charge is -1.96. The Labute approximate surface area is 96.4 Å². The van der Waals surface area contributed by atoms with E-state index in [1.54, 1.807) is 15.9 Å². The summed E-state index contributed by atoms with van der Waals surface area (Å²) < 4.78 is 1.78. The van der Waals surface area contributed by atoms with Gasteiger partial charge in [0, 0.05) is 6.54 Å². The lowest BCUT2D eigenvalue weighted by atomic mass is 10.3. The highest BCUT2D eigenvalue weighted by Crippen LogP contribution is 2.22. The van der Waals surface area contributed by atoms with Crippen molar-refractivity contribution < 1.29 is 0 Å². The average molecular weight is 230 g/mol. The number of fused-ring (bicyclic) bond motifs is 1. The molecule has 0 atom stereocenters. The number of hydrogen-bond acceptors (Lipinski definition) is 4. The molecule has 0 radical (unpaired) electrons. The fourth-order valence-corrected chi connectivity index (χ4v) is 2.28. The van der Waals surface area contributed by atoms with Crippen molar-refractivity contribution >= 4 is 17.0 Å². The minimum Gasteiger partial charge on any atom is -0.325 e. The molecule has 2 N–H and O–H groups in total. The first-order valence-corrected chi connectivity index (χ1v) is 5.84. The van der Waals surface area contributed by atoms with Crippen molar-refractivity contribution in [3.8, 4) is 10.6 Å². The molecule has 3 heterocycles. The Morgan fingerprint density at radius 1 is 1.31 bits per heavy atom. The van der Waals surface area contributed by atoms with Gasteiger partial charge in [-0.05, 0) is 23.6 Å². The SMILES string of the molecule is NCc1cn2nc(-c3cccs3)ccc2n1. The molecule has 0 spiro atoms. The molecule has 3 rings (SSSR count). The Hall–Kier alpha value is -1.72. The molecule has 3 aromatic heterocycles. The zero-order valence-electron chi connectivity index (χ0n) is 8.50. The van der Waals surface area contributed by atoms with Gasteiger partial charge in [-0.1, -0.05) is 6.07 Å². The molecule has 0 amide bonds. The van der Waals surface area contributed by atoms with E-state index in [0.717, 1.165) is 21.9 Å². The van der Waals surface area contributed by atoms with E-state index in [-0.39, 0.29) is 0 Å². The molecule has 0 aliphatic carbocycles. The van der Waals surface area contributed by atoms with Gasteiger partial charge >= 0.3 is 0 Å². The van der Waals surface area contributed by atoms with Crippen LogP contribution in [0, 0.1) is 0 Å². The predicted molar refractivity (Wildman–Crippen MR) is 64.2 cm³/mol. The molecule has 4 nitrogen and oxygen atoms in total. The van der Waals surface area contributed by atoms with Gasteiger partial charge in [0.1, 0.15) is 5.69 Å². The Morgan fingerprint density at radius 2 is 2.25 bits per heavy atom. The van der Waals surface area contributed by atoms with Crippen LogP contribution in [0.15, 0.2) is 35.8 Å². The van der Waals surface area contributed by atoms with Crippen molar-refractivity contribution in [3.05, 3.63) is 41.5 Å². The highest BCUT2D eigenvalue weighted by Gasteiger charge is 2.04. The Balaban J connectivity index is 2.15. The zero-order chi connectivity index (χ0) is 11.0. The van der Waals surface area contributed by atoms with E-state index in [1.807, 2.05) is 29.8 Å². The van der Waals surface area contributed by atoms with Crippen molar-refractivity contribution in [1.29, 1.82) is 0 Å². The summed E-state index contributed by atoms with van der Waals surface area (Å²) in [7, 11) is 0. The van der Waals surface area contributed by atoms with Crippen molar-refractivity contribution in [2.24, 2.45) is 5.73 Å². The highest BCUT2D eigenvalue weighted by atomic mass is 32.1. The summed E-state index contributed by atoms with van der Waals surface area (Å²) in [5, 5.41) is 6.54. The minimum atomic E-state index is 0.442. The van der Waals surface area contributed by atoms with Crippen molar-refractivity contribution in [2.45, 2.75) is 6.54 Å². The fourth-order valence-electron chi connectivity index (χ4n) is 1.59. The molecule has 0 saturated heterocycles. The number of nitrogens with two attached hydrogens (primary N) is 1. The molecule has 3 aromatic rings. The van der Waals surface area contributed by atoms with Gasteiger partial charge in [-0.15, -0.1) is 11.3 Å². The van der Waals surface area contributed by atoms with Crippen LogP contribution < -0.4 is 5.73 Å². The number of thiophene rings is 1.